The Morgan fingerprint density at radius 3 is 2.28 bits per heavy atom. The Balaban J connectivity index is 1.53. The molecule has 1 saturated heterocycles. The van der Waals surface area contributed by atoms with Crippen molar-refractivity contribution in [1.82, 2.24) is 20.2 Å². The fourth-order valence-corrected chi connectivity index (χ4v) is 7.03. The summed E-state index contributed by atoms with van der Waals surface area (Å²) in [5.74, 6) is -5.17. The van der Waals surface area contributed by atoms with Gasteiger partial charge in [0.05, 0.1) is 12.2 Å². The van der Waals surface area contributed by atoms with Crippen LogP contribution in [0.1, 0.15) is 103 Å². The number of fused-ring (bicyclic) bond motifs is 1. The van der Waals surface area contributed by atoms with Crippen molar-refractivity contribution in [1.29, 1.82) is 0 Å². The van der Waals surface area contributed by atoms with Crippen molar-refractivity contribution in [2.24, 2.45) is 41.4 Å². The van der Waals surface area contributed by atoms with Gasteiger partial charge in [0.1, 0.15) is 17.5 Å². The highest BCUT2D eigenvalue weighted by atomic mass is 16.2. The highest BCUT2D eigenvalue weighted by molar-refractivity contribution is 6.38. The van der Waals surface area contributed by atoms with Gasteiger partial charge in [0.2, 0.25) is 17.6 Å². The number of Topliss-reactive ketones (excluding diaryl/α,β-unsaturated/α-hetero) is 5. The molecule has 2 saturated carbocycles. The lowest BCUT2D eigenvalue weighted by Gasteiger charge is -2.33. The molecule has 46 heavy (non-hydrogen) atoms. The van der Waals surface area contributed by atoms with Crippen molar-refractivity contribution in [3.8, 4) is 0 Å². The molecule has 250 valence electrons. The lowest BCUT2D eigenvalue weighted by molar-refractivity contribution is -0.145. The fourth-order valence-electron chi connectivity index (χ4n) is 7.03. The van der Waals surface area contributed by atoms with Gasteiger partial charge in [-0.05, 0) is 49.4 Å². The Kier molecular flexibility index (Phi) is 11.7. The van der Waals surface area contributed by atoms with Crippen LogP contribution in [0.3, 0.4) is 0 Å². The van der Waals surface area contributed by atoms with Crippen LogP contribution in [0.2, 0.25) is 0 Å². The van der Waals surface area contributed by atoms with Crippen LogP contribution in [0.25, 0.3) is 0 Å². The average molecular weight is 637 g/mol. The topological polar surface area (TPSA) is 161 Å². The second-order valence-corrected chi connectivity index (χ2v) is 14.1. The van der Waals surface area contributed by atoms with Gasteiger partial charge in [-0.2, -0.15) is 0 Å². The van der Waals surface area contributed by atoms with Gasteiger partial charge in [0.15, 0.2) is 17.3 Å². The molecule has 2 heterocycles. The number of hydrogen-bond acceptors (Lipinski definition) is 9. The maximum absolute atomic E-state index is 14.2. The Labute approximate surface area is 271 Å². The zero-order valence-electron chi connectivity index (χ0n) is 27.7. The molecule has 1 aliphatic heterocycles. The summed E-state index contributed by atoms with van der Waals surface area (Å²) in [5, 5.41) is 2.87. The lowest BCUT2D eigenvalue weighted by atomic mass is 9.83. The summed E-state index contributed by atoms with van der Waals surface area (Å²) >= 11 is 0. The van der Waals surface area contributed by atoms with E-state index in [9.17, 15) is 33.6 Å². The predicted molar refractivity (Wildman–Crippen MR) is 168 cm³/mol. The van der Waals surface area contributed by atoms with Gasteiger partial charge in [0.25, 0.3) is 0 Å². The molecule has 0 radical (unpaired) electrons. The van der Waals surface area contributed by atoms with Crippen LogP contribution in [0, 0.1) is 41.4 Å². The molecule has 1 aromatic heterocycles. The van der Waals surface area contributed by atoms with Crippen LogP contribution < -0.4 is 5.32 Å². The molecule has 0 aromatic carbocycles. The van der Waals surface area contributed by atoms with Gasteiger partial charge in [0, 0.05) is 62.4 Å². The van der Waals surface area contributed by atoms with Crippen molar-refractivity contribution >= 4 is 40.7 Å². The quantitative estimate of drug-likeness (QED) is 0.199. The molecule has 11 heteroatoms. The number of hydrogen-bond donors (Lipinski definition) is 1. The first-order chi connectivity index (χ1) is 21.8. The largest absolute Gasteiger partial charge is 0.344 e. The van der Waals surface area contributed by atoms with E-state index < -0.39 is 53.2 Å². The summed E-state index contributed by atoms with van der Waals surface area (Å²) in [7, 11) is 0. The second-order valence-electron chi connectivity index (χ2n) is 14.1. The van der Waals surface area contributed by atoms with E-state index in [1.165, 1.54) is 23.5 Å². The molecule has 2 unspecified atom stereocenters. The zero-order chi connectivity index (χ0) is 33.7. The number of ketones is 5. The number of likely N-dealkylation sites (tertiary alicyclic amines) is 1. The van der Waals surface area contributed by atoms with Crippen molar-refractivity contribution in [2.75, 3.05) is 6.54 Å². The standard InChI is InChI=1S/C35H48N4O7/c1-6-7-22(33(44)30(43)14-21-8-9-21)15-29(42)32-23-10-11-27(40)25(23)18-39(32)35(46)31(20(4)5)38-34(45)24(19(2)3)16-28(41)26-17-36-12-13-37-26/h12-13,17,19-25,31-32H,6-11,14-16,18H2,1-5H3,(H,38,45)/t22?,23-,24+,25-,31-,32?/m0/s1. The Morgan fingerprint density at radius 1 is 0.978 bits per heavy atom. The van der Waals surface area contributed by atoms with Crippen LogP contribution in [0.5, 0.6) is 0 Å². The number of aromatic nitrogens is 2. The molecule has 4 rings (SSSR count). The first-order valence-electron chi connectivity index (χ1n) is 16.9. The minimum absolute atomic E-state index is 0.00595. The second kappa shape index (κ2) is 15.3. The average Bonchev–Trinajstić information content (AvgIpc) is 3.65. The SMILES string of the molecule is CCCC(CC(=O)C1[C@H]2CCC(=O)[C@H]2CN1C(=O)[C@@H](NC(=O)[C@H](CC(=O)c1cnccn1)C(C)C)C(C)C)C(=O)C(=O)CC1CC1. The number of rotatable bonds is 17. The molecule has 6 atom stereocenters. The number of nitrogens with one attached hydrogen (secondary N) is 1. The van der Waals surface area contributed by atoms with E-state index in [1.54, 1.807) is 13.8 Å². The molecular weight excluding hydrogens is 588 g/mol. The molecule has 1 aromatic rings. The highest BCUT2D eigenvalue weighted by Gasteiger charge is 2.54. The highest BCUT2D eigenvalue weighted by Crippen LogP contribution is 2.42. The van der Waals surface area contributed by atoms with Crippen LogP contribution in [0.15, 0.2) is 18.6 Å². The van der Waals surface area contributed by atoms with Crippen molar-refractivity contribution in [3.05, 3.63) is 24.3 Å². The van der Waals surface area contributed by atoms with Crippen molar-refractivity contribution < 1.29 is 33.6 Å². The third-order valence-corrected chi connectivity index (χ3v) is 9.93. The minimum Gasteiger partial charge on any atom is -0.344 e. The maximum Gasteiger partial charge on any atom is 0.246 e. The first-order valence-corrected chi connectivity index (χ1v) is 16.9. The lowest BCUT2D eigenvalue weighted by Crippen LogP contribution is -2.56. The summed E-state index contributed by atoms with van der Waals surface area (Å²) in [6, 6.07) is -1.91. The van der Waals surface area contributed by atoms with Crippen molar-refractivity contribution in [2.45, 2.75) is 104 Å². The summed E-state index contributed by atoms with van der Waals surface area (Å²) in [6.45, 7) is 9.20. The van der Waals surface area contributed by atoms with Gasteiger partial charge in [-0.25, -0.2) is 4.98 Å². The van der Waals surface area contributed by atoms with Crippen LogP contribution >= 0.6 is 0 Å². The van der Waals surface area contributed by atoms with Gasteiger partial charge in [-0.3, -0.25) is 38.5 Å². The minimum atomic E-state index is -1.00. The fraction of sp³-hybridized carbons (Fsp3) is 0.686. The number of carbonyl (C=O) groups is 7. The van der Waals surface area contributed by atoms with Gasteiger partial charge in [-0.1, -0.05) is 41.0 Å². The van der Waals surface area contributed by atoms with Gasteiger partial charge in [-0.15, -0.1) is 0 Å². The first kappa shape index (κ1) is 35.2. The molecular formula is C35H48N4O7. The number of amides is 2. The van der Waals surface area contributed by atoms with E-state index in [-0.39, 0.29) is 72.5 Å². The zero-order valence-corrected chi connectivity index (χ0v) is 27.7. The Morgan fingerprint density at radius 2 is 1.70 bits per heavy atom. The van der Waals surface area contributed by atoms with Crippen LogP contribution in [-0.2, 0) is 28.8 Å². The summed E-state index contributed by atoms with van der Waals surface area (Å²) in [5.41, 5.74) is 0.154. The third-order valence-electron chi connectivity index (χ3n) is 9.93. The predicted octanol–water partition coefficient (Wildman–Crippen LogP) is 3.58. The smallest absolute Gasteiger partial charge is 0.246 e. The normalized spacial score (nSPS) is 22.8. The third kappa shape index (κ3) is 8.20. The van der Waals surface area contributed by atoms with Gasteiger partial charge < -0.3 is 10.2 Å². The van der Waals surface area contributed by atoms with Crippen LogP contribution in [-0.4, -0.2) is 74.2 Å². The molecule has 11 nitrogen and oxygen atoms in total. The molecule has 1 N–H and O–H groups in total. The molecule has 3 fully saturated rings. The molecule has 3 aliphatic rings. The number of nitrogens with zero attached hydrogens (tertiary/aromatic N) is 3. The van der Waals surface area contributed by atoms with E-state index in [2.05, 4.69) is 15.3 Å². The maximum atomic E-state index is 14.2. The Bertz CT molecular complexity index is 1340. The monoisotopic (exact) mass is 636 g/mol. The summed E-state index contributed by atoms with van der Waals surface area (Å²) in [6.07, 6.45) is 7.85. The number of carbonyl (C=O) groups excluding carboxylic acids is 7. The van der Waals surface area contributed by atoms with E-state index in [4.69, 9.17) is 0 Å². The van der Waals surface area contributed by atoms with E-state index in [0.717, 1.165) is 12.8 Å². The molecule has 2 amide bonds. The molecule has 0 bridgehead atoms. The molecule has 0 spiro atoms. The van der Waals surface area contributed by atoms with E-state index in [1.807, 2.05) is 20.8 Å². The molecule has 2 aliphatic carbocycles. The summed E-state index contributed by atoms with van der Waals surface area (Å²) < 4.78 is 0. The van der Waals surface area contributed by atoms with Gasteiger partial charge >= 0.3 is 0 Å². The van der Waals surface area contributed by atoms with Crippen LogP contribution in [0.4, 0.5) is 0 Å². The Hall–Kier alpha value is -3.63. The van der Waals surface area contributed by atoms with E-state index >= 15 is 0 Å². The summed E-state index contributed by atoms with van der Waals surface area (Å²) in [4.78, 5) is 103. The van der Waals surface area contributed by atoms with E-state index in [0.29, 0.717) is 25.7 Å². The van der Waals surface area contributed by atoms with Crippen molar-refractivity contribution in [3.63, 3.8) is 0 Å².